The molecule has 2 heterocycles. The fourth-order valence-electron chi connectivity index (χ4n) is 3.82. The van der Waals surface area contributed by atoms with Crippen molar-refractivity contribution in [2.24, 2.45) is 0 Å². The second-order valence-corrected chi connectivity index (χ2v) is 7.26. The van der Waals surface area contributed by atoms with Crippen LogP contribution < -0.4 is 10.3 Å². The number of ether oxygens (including phenoxy) is 1. The minimum absolute atomic E-state index is 0.0667. The number of nitro benzene ring substituents is 1. The first-order chi connectivity index (χ1) is 14.1. The zero-order valence-electron chi connectivity index (χ0n) is 16.1. The Labute approximate surface area is 168 Å². The van der Waals surface area contributed by atoms with Gasteiger partial charge in [0.15, 0.2) is 5.75 Å². The van der Waals surface area contributed by atoms with E-state index in [1.165, 1.54) is 37.5 Å². The van der Waals surface area contributed by atoms with Crippen LogP contribution in [-0.2, 0) is 0 Å². The van der Waals surface area contributed by atoms with Crippen LogP contribution in [0.15, 0.2) is 53.3 Å². The molecule has 150 valence electrons. The highest BCUT2D eigenvalue weighted by Crippen LogP contribution is 2.35. The van der Waals surface area contributed by atoms with E-state index in [2.05, 4.69) is 9.88 Å². The third kappa shape index (κ3) is 4.14. The molecule has 0 spiro atoms. The Morgan fingerprint density at radius 2 is 1.79 bits per heavy atom. The van der Waals surface area contributed by atoms with E-state index in [0.717, 1.165) is 25.2 Å². The van der Waals surface area contributed by atoms with Crippen LogP contribution in [0, 0.1) is 10.1 Å². The molecule has 0 saturated carbocycles. The van der Waals surface area contributed by atoms with Crippen LogP contribution in [0.5, 0.6) is 5.75 Å². The maximum Gasteiger partial charge on any atom is 0.270 e. The Balaban J connectivity index is 1.76. The van der Waals surface area contributed by atoms with E-state index >= 15 is 0 Å². The average Bonchev–Trinajstić information content (AvgIpc) is 2.76. The molecule has 1 aliphatic heterocycles. The number of non-ortho nitro benzene ring substituents is 1. The number of pyridine rings is 1. The van der Waals surface area contributed by atoms with Gasteiger partial charge in [0.2, 0.25) is 0 Å². The highest BCUT2D eigenvalue weighted by atomic mass is 16.6. The molecular formula is C22H23N3O4. The maximum atomic E-state index is 12.6. The van der Waals surface area contributed by atoms with Crippen molar-refractivity contribution >= 4 is 16.5 Å². The molecule has 0 unspecified atom stereocenters. The SMILES string of the molecule is O=c1[nH]c(-c2ccccc2)c(OCCN2CCCCC2)c2cc([N+](=O)[O-])ccc12. The Kier molecular flexibility index (Phi) is 5.57. The van der Waals surface area contributed by atoms with E-state index in [9.17, 15) is 14.9 Å². The lowest BCUT2D eigenvalue weighted by Gasteiger charge is -2.26. The molecule has 7 heteroatoms. The van der Waals surface area contributed by atoms with Gasteiger partial charge >= 0.3 is 0 Å². The zero-order chi connectivity index (χ0) is 20.2. The fraction of sp³-hybridized carbons (Fsp3) is 0.318. The first-order valence-electron chi connectivity index (χ1n) is 9.88. The van der Waals surface area contributed by atoms with Gasteiger partial charge in [0.05, 0.1) is 16.0 Å². The lowest BCUT2D eigenvalue weighted by Crippen LogP contribution is -2.33. The summed E-state index contributed by atoms with van der Waals surface area (Å²) in [7, 11) is 0. The zero-order valence-corrected chi connectivity index (χ0v) is 16.1. The predicted molar refractivity (Wildman–Crippen MR) is 112 cm³/mol. The van der Waals surface area contributed by atoms with Crippen LogP contribution in [0.25, 0.3) is 22.0 Å². The normalized spacial score (nSPS) is 14.8. The molecule has 7 nitrogen and oxygen atoms in total. The summed E-state index contributed by atoms with van der Waals surface area (Å²) in [5.41, 5.74) is 0.980. The topological polar surface area (TPSA) is 88.5 Å². The standard InChI is InChI=1S/C22H23N3O4/c26-22-18-10-9-17(25(27)28)15-19(18)21(20(23-22)16-7-3-1-4-8-16)29-14-13-24-11-5-2-6-12-24/h1,3-4,7-10,15H,2,5-6,11-14H2,(H,23,26). The second kappa shape index (κ2) is 8.45. The van der Waals surface area contributed by atoms with Crippen LogP contribution in [0.1, 0.15) is 19.3 Å². The molecular weight excluding hydrogens is 370 g/mol. The van der Waals surface area contributed by atoms with Gasteiger partial charge in [0.25, 0.3) is 11.2 Å². The van der Waals surface area contributed by atoms with E-state index in [0.29, 0.717) is 28.8 Å². The quantitative estimate of drug-likeness (QED) is 0.506. The number of likely N-dealkylation sites (tertiary alicyclic amines) is 1. The van der Waals surface area contributed by atoms with Crippen molar-refractivity contribution < 1.29 is 9.66 Å². The molecule has 1 saturated heterocycles. The third-order valence-electron chi connectivity index (χ3n) is 5.33. The number of rotatable bonds is 6. The van der Waals surface area contributed by atoms with Gasteiger partial charge in [-0.15, -0.1) is 0 Å². The van der Waals surface area contributed by atoms with Crippen LogP contribution in [0.4, 0.5) is 5.69 Å². The summed E-state index contributed by atoms with van der Waals surface area (Å²) in [5, 5.41) is 12.1. The minimum atomic E-state index is -0.458. The summed E-state index contributed by atoms with van der Waals surface area (Å²) in [5.74, 6) is 0.478. The molecule has 0 radical (unpaired) electrons. The number of hydrogen-bond donors (Lipinski definition) is 1. The largest absolute Gasteiger partial charge is 0.489 e. The lowest BCUT2D eigenvalue weighted by atomic mass is 10.0. The van der Waals surface area contributed by atoms with E-state index in [-0.39, 0.29) is 11.2 Å². The third-order valence-corrected chi connectivity index (χ3v) is 5.33. The van der Waals surface area contributed by atoms with Gasteiger partial charge in [0.1, 0.15) is 6.61 Å². The van der Waals surface area contributed by atoms with E-state index in [1.807, 2.05) is 30.3 Å². The van der Waals surface area contributed by atoms with Gasteiger partial charge in [0, 0.05) is 29.6 Å². The first-order valence-corrected chi connectivity index (χ1v) is 9.88. The van der Waals surface area contributed by atoms with Gasteiger partial charge in [-0.1, -0.05) is 36.8 Å². The number of benzene rings is 2. The number of aromatic nitrogens is 1. The second-order valence-electron chi connectivity index (χ2n) is 7.26. The van der Waals surface area contributed by atoms with E-state index in [1.54, 1.807) is 0 Å². The number of nitrogens with zero attached hydrogens (tertiary/aromatic N) is 2. The van der Waals surface area contributed by atoms with Crippen molar-refractivity contribution in [1.82, 2.24) is 9.88 Å². The van der Waals surface area contributed by atoms with Gasteiger partial charge in [-0.25, -0.2) is 0 Å². The summed E-state index contributed by atoms with van der Waals surface area (Å²) in [6, 6.07) is 13.7. The van der Waals surface area contributed by atoms with Crippen LogP contribution in [0.2, 0.25) is 0 Å². The molecule has 1 aromatic heterocycles. The Morgan fingerprint density at radius 3 is 2.52 bits per heavy atom. The van der Waals surface area contributed by atoms with Gasteiger partial charge in [-0.2, -0.15) is 0 Å². The van der Waals surface area contributed by atoms with Crippen molar-refractivity contribution in [1.29, 1.82) is 0 Å². The number of hydrogen-bond acceptors (Lipinski definition) is 5. The Morgan fingerprint density at radius 1 is 1.03 bits per heavy atom. The van der Waals surface area contributed by atoms with Crippen molar-refractivity contribution in [3.63, 3.8) is 0 Å². The summed E-state index contributed by atoms with van der Waals surface area (Å²) in [4.78, 5) is 28.7. The van der Waals surface area contributed by atoms with Crippen LogP contribution >= 0.6 is 0 Å². The van der Waals surface area contributed by atoms with Crippen molar-refractivity contribution in [2.75, 3.05) is 26.2 Å². The summed E-state index contributed by atoms with van der Waals surface area (Å²) in [6.07, 6.45) is 3.66. The first kappa shape index (κ1) is 19.1. The molecule has 4 rings (SSSR count). The van der Waals surface area contributed by atoms with Crippen LogP contribution in [-0.4, -0.2) is 41.0 Å². The number of piperidine rings is 1. The highest BCUT2D eigenvalue weighted by molar-refractivity contribution is 5.94. The van der Waals surface area contributed by atoms with Crippen molar-refractivity contribution in [3.05, 3.63) is 69.0 Å². The van der Waals surface area contributed by atoms with Gasteiger partial charge < -0.3 is 9.72 Å². The monoisotopic (exact) mass is 393 g/mol. The molecule has 0 amide bonds. The summed E-state index contributed by atoms with van der Waals surface area (Å²) < 4.78 is 6.16. The number of nitro groups is 1. The van der Waals surface area contributed by atoms with Crippen molar-refractivity contribution in [3.8, 4) is 17.0 Å². The molecule has 3 aromatic rings. The van der Waals surface area contributed by atoms with Crippen LogP contribution in [0.3, 0.4) is 0 Å². The minimum Gasteiger partial charge on any atom is -0.489 e. The lowest BCUT2D eigenvalue weighted by molar-refractivity contribution is -0.384. The molecule has 29 heavy (non-hydrogen) atoms. The molecule has 2 aromatic carbocycles. The van der Waals surface area contributed by atoms with E-state index in [4.69, 9.17) is 4.74 Å². The van der Waals surface area contributed by atoms with Gasteiger partial charge in [-0.3, -0.25) is 19.8 Å². The maximum absolute atomic E-state index is 12.6. The predicted octanol–water partition coefficient (Wildman–Crippen LogP) is 3.97. The number of aromatic amines is 1. The molecule has 1 aliphatic rings. The highest BCUT2D eigenvalue weighted by Gasteiger charge is 2.18. The van der Waals surface area contributed by atoms with E-state index < -0.39 is 4.92 Å². The van der Waals surface area contributed by atoms with Gasteiger partial charge in [-0.05, 0) is 32.0 Å². The smallest absolute Gasteiger partial charge is 0.270 e. The molecule has 1 fully saturated rings. The fourth-order valence-corrected chi connectivity index (χ4v) is 3.82. The number of nitrogens with one attached hydrogen (secondary N) is 1. The Bertz CT molecular complexity index is 1070. The Hall–Kier alpha value is -3.19. The molecule has 0 atom stereocenters. The molecule has 0 bridgehead atoms. The van der Waals surface area contributed by atoms with Crippen molar-refractivity contribution in [2.45, 2.75) is 19.3 Å². The molecule has 0 aliphatic carbocycles. The number of fused-ring (bicyclic) bond motifs is 1. The number of H-pyrrole nitrogens is 1. The average molecular weight is 393 g/mol. The molecule has 1 N–H and O–H groups in total. The summed E-state index contributed by atoms with van der Waals surface area (Å²) in [6.45, 7) is 3.35. The summed E-state index contributed by atoms with van der Waals surface area (Å²) >= 11 is 0.